The second-order valence-corrected chi connectivity index (χ2v) is 8.91. The molecule has 4 aromatic rings. The number of para-hydroxylation sites is 2. The Morgan fingerprint density at radius 1 is 0.970 bits per heavy atom. The molecule has 0 spiro atoms. The molecule has 1 heterocycles. The fraction of sp³-hybridized carbons (Fsp3) is 0.0455. The number of ether oxygens (including phenoxy) is 1. The van der Waals surface area contributed by atoms with Gasteiger partial charge in [-0.05, 0) is 42.5 Å². The van der Waals surface area contributed by atoms with Gasteiger partial charge in [-0.3, -0.25) is 4.72 Å². The monoisotopic (exact) mass is 484 g/mol. The molecule has 3 N–H and O–H groups in total. The number of sulfonamides is 1. The van der Waals surface area contributed by atoms with E-state index in [0.29, 0.717) is 27.5 Å². The van der Waals surface area contributed by atoms with Gasteiger partial charge in [0, 0.05) is 6.07 Å². The lowest BCUT2D eigenvalue weighted by molar-refractivity contribution is 0.0696. The summed E-state index contributed by atoms with van der Waals surface area (Å²) in [5.74, 6) is -0.703. The zero-order valence-electron chi connectivity index (χ0n) is 17.1. The summed E-state index contributed by atoms with van der Waals surface area (Å²) in [6.07, 6.45) is 0. The first-order valence-corrected chi connectivity index (χ1v) is 11.4. The Morgan fingerprint density at radius 3 is 2.33 bits per heavy atom. The lowest BCUT2D eigenvalue weighted by Gasteiger charge is -2.15. The minimum Gasteiger partial charge on any atom is -0.497 e. The van der Waals surface area contributed by atoms with E-state index in [4.69, 9.17) is 16.3 Å². The fourth-order valence-corrected chi connectivity index (χ4v) is 4.21. The number of carbonyl (C=O) groups is 1. The first kappa shape index (κ1) is 22.3. The lowest BCUT2D eigenvalue weighted by Crippen LogP contribution is -2.16. The van der Waals surface area contributed by atoms with E-state index in [1.807, 2.05) is 0 Å². The maximum absolute atomic E-state index is 13.0. The summed E-state index contributed by atoms with van der Waals surface area (Å²) in [5, 5.41) is 12.5. The van der Waals surface area contributed by atoms with Crippen LogP contribution >= 0.6 is 11.6 Å². The fourth-order valence-electron chi connectivity index (χ4n) is 3.00. The maximum atomic E-state index is 13.0. The number of hydrogen-bond acceptors (Lipinski definition) is 7. The minimum atomic E-state index is -4.19. The third-order valence-corrected chi connectivity index (χ3v) is 6.29. The van der Waals surface area contributed by atoms with Crippen molar-refractivity contribution in [1.82, 2.24) is 9.97 Å². The molecule has 0 aliphatic heterocycles. The van der Waals surface area contributed by atoms with Crippen LogP contribution in [0, 0.1) is 0 Å². The molecule has 0 aliphatic carbocycles. The van der Waals surface area contributed by atoms with Crippen LogP contribution in [0.15, 0.2) is 71.6 Å². The van der Waals surface area contributed by atoms with E-state index in [-0.39, 0.29) is 22.1 Å². The number of rotatable bonds is 7. The van der Waals surface area contributed by atoms with Gasteiger partial charge in [-0.2, -0.15) is 0 Å². The average Bonchev–Trinajstić information content (AvgIpc) is 2.80. The number of nitrogens with zero attached hydrogens (tertiary/aromatic N) is 2. The number of benzene rings is 3. The predicted octanol–water partition coefficient (Wildman–Crippen LogP) is 4.53. The Balaban J connectivity index is 1.80. The average molecular weight is 485 g/mol. The lowest BCUT2D eigenvalue weighted by atomic mass is 10.2. The highest BCUT2D eigenvalue weighted by molar-refractivity contribution is 7.92. The van der Waals surface area contributed by atoms with Gasteiger partial charge in [0.25, 0.3) is 10.0 Å². The molecule has 0 fully saturated rings. The summed E-state index contributed by atoms with van der Waals surface area (Å²) in [6.45, 7) is 0. The van der Waals surface area contributed by atoms with Crippen LogP contribution in [0.2, 0.25) is 5.02 Å². The first-order chi connectivity index (χ1) is 15.8. The van der Waals surface area contributed by atoms with E-state index in [9.17, 15) is 18.3 Å². The van der Waals surface area contributed by atoms with E-state index >= 15 is 0 Å². The van der Waals surface area contributed by atoms with Crippen LogP contribution < -0.4 is 14.8 Å². The number of anilines is 3. The molecule has 0 saturated heterocycles. The van der Waals surface area contributed by atoms with Crippen LogP contribution in [0.1, 0.15) is 10.4 Å². The van der Waals surface area contributed by atoms with Crippen LogP contribution in [0.25, 0.3) is 11.0 Å². The summed E-state index contributed by atoms with van der Waals surface area (Å²) in [5.41, 5.74) is 1.24. The highest BCUT2D eigenvalue weighted by atomic mass is 35.5. The zero-order valence-corrected chi connectivity index (χ0v) is 18.7. The highest BCUT2D eigenvalue weighted by Crippen LogP contribution is 2.32. The SMILES string of the molecule is COc1ccc(Cl)c(Nc2nc3ccccc3nc2NS(=O)(=O)c2cccc(C(=O)O)c2)c1. The third kappa shape index (κ3) is 4.81. The minimum absolute atomic E-state index is 0.0895. The summed E-state index contributed by atoms with van der Waals surface area (Å²) < 4.78 is 33.7. The first-order valence-electron chi connectivity index (χ1n) is 9.50. The number of aromatic nitrogens is 2. The zero-order chi connectivity index (χ0) is 23.6. The molecule has 9 nitrogen and oxygen atoms in total. The molecule has 33 heavy (non-hydrogen) atoms. The number of fused-ring (bicyclic) bond motifs is 1. The van der Waals surface area contributed by atoms with Crippen molar-refractivity contribution in [2.75, 3.05) is 17.1 Å². The number of carboxylic acids is 1. The van der Waals surface area contributed by atoms with Crippen molar-refractivity contribution in [3.63, 3.8) is 0 Å². The number of halogens is 1. The molecular formula is C22H17ClN4O5S. The molecule has 4 rings (SSSR count). The van der Waals surface area contributed by atoms with E-state index in [1.165, 1.54) is 25.3 Å². The number of nitrogens with one attached hydrogen (secondary N) is 2. The summed E-state index contributed by atoms with van der Waals surface area (Å²) in [7, 11) is -2.68. The predicted molar refractivity (Wildman–Crippen MR) is 125 cm³/mol. The number of carboxylic acid groups (broad SMARTS) is 1. The van der Waals surface area contributed by atoms with Gasteiger partial charge < -0.3 is 15.2 Å². The van der Waals surface area contributed by atoms with Gasteiger partial charge in [-0.1, -0.05) is 29.8 Å². The molecule has 0 bridgehead atoms. The molecule has 11 heteroatoms. The molecule has 168 valence electrons. The van der Waals surface area contributed by atoms with Gasteiger partial charge in [0.1, 0.15) is 5.75 Å². The van der Waals surface area contributed by atoms with Gasteiger partial charge in [0.2, 0.25) is 0 Å². The molecule has 0 saturated carbocycles. The van der Waals surface area contributed by atoms with Gasteiger partial charge >= 0.3 is 5.97 Å². The molecule has 0 radical (unpaired) electrons. The highest BCUT2D eigenvalue weighted by Gasteiger charge is 2.21. The van der Waals surface area contributed by atoms with E-state index in [0.717, 1.165) is 6.07 Å². The van der Waals surface area contributed by atoms with Gasteiger partial charge in [-0.25, -0.2) is 23.2 Å². The second kappa shape index (κ2) is 8.93. The maximum Gasteiger partial charge on any atom is 0.335 e. The Bertz CT molecular complexity index is 1480. The summed E-state index contributed by atoms with van der Waals surface area (Å²) >= 11 is 6.29. The summed E-state index contributed by atoms with van der Waals surface area (Å²) in [6, 6.07) is 16.9. The Hall–Kier alpha value is -3.89. The smallest absolute Gasteiger partial charge is 0.335 e. The molecular weight excluding hydrogens is 468 g/mol. The van der Waals surface area contributed by atoms with Crippen LogP contribution in [0.3, 0.4) is 0 Å². The van der Waals surface area contributed by atoms with Crippen molar-refractivity contribution in [2.24, 2.45) is 0 Å². The molecule has 0 aliphatic rings. The number of hydrogen-bond donors (Lipinski definition) is 3. The van der Waals surface area contributed by atoms with Crippen molar-refractivity contribution in [3.8, 4) is 5.75 Å². The molecule has 1 aromatic heterocycles. The van der Waals surface area contributed by atoms with Gasteiger partial charge in [0.15, 0.2) is 11.6 Å². The van der Waals surface area contributed by atoms with Crippen LogP contribution in [0.4, 0.5) is 17.3 Å². The number of methoxy groups -OCH3 is 1. The van der Waals surface area contributed by atoms with Crippen molar-refractivity contribution >= 4 is 56.0 Å². The van der Waals surface area contributed by atoms with Gasteiger partial charge in [0.05, 0.1) is 39.3 Å². The molecule has 3 aromatic carbocycles. The Morgan fingerprint density at radius 2 is 1.67 bits per heavy atom. The molecule has 0 atom stereocenters. The Labute approximate surface area is 194 Å². The second-order valence-electron chi connectivity index (χ2n) is 6.82. The van der Waals surface area contributed by atoms with Crippen molar-refractivity contribution in [2.45, 2.75) is 4.90 Å². The standard InChI is InChI=1S/C22H17ClN4O5S/c1-32-14-9-10-16(23)19(12-14)26-20-21(25-18-8-3-2-7-17(18)24-20)27-33(30,31)15-6-4-5-13(11-15)22(28)29/h2-12H,1H3,(H,24,26)(H,25,27)(H,28,29). The quantitative estimate of drug-likeness (QED) is 0.348. The van der Waals surface area contributed by atoms with Crippen molar-refractivity contribution in [1.29, 1.82) is 0 Å². The van der Waals surface area contributed by atoms with E-state index in [2.05, 4.69) is 20.0 Å². The molecule has 0 unspecified atom stereocenters. The topological polar surface area (TPSA) is 131 Å². The van der Waals surface area contributed by atoms with Gasteiger partial charge in [-0.15, -0.1) is 0 Å². The Kier molecular flexibility index (Phi) is 6.03. The van der Waals surface area contributed by atoms with Crippen LogP contribution in [0.5, 0.6) is 5.75 Å². The van der Waals surface area contributed by atoms with E-state index < -0.39 is 16.0 Å². The largest absolute Gasteiger partial charge is 0.497 e. The third-order valence-electron chi connectivity index (χ3n) is 4.62. The normalized spacial score (nSPS) is 11.2. The van der Waals surface area contributed by atoms with E-state index in [1.54, 1.807) is 42.5 Å². The van der Waals surface area contributed by atoms with Crippen molar-refractivity contribution < 1.29 is 23.1 Å². The van der Waals surface area contributed by atoms with Crippen molar-refractivity contribution in [3.05, 3.63) is 77.3 Å². The molecule has 0 amide bonds. The van der Waals surface area contributed by atoms with Crippen LogP contribution in [-0.4, -0.2) is 36.6 Å². The van der Waals surface area contributed by atoms with Crippen LogP contribution in [-0.2, 0) is 10.0 Å². The summed E-state index contributed by atoms with van der Waals surface area (Å²) in [4.78, 5) is 19.9. The number of aromatic carboxylic acids is 1.